The van der Waals surface area contributed by atoms with Gasteiger partial charge in [-0.25, -0.2) is 8.42 Å². The van der Waals surface area contributed by atoms with Gasteiger partial charge in [-0.05, 0) is 49.1 Å². The largest absolute Gasteiger partial charge is 0.297 e. The molecule has 1 fully saturated rings. The minimum atomic E-state index is -3.43. The van der Waals surface area contributed by atoms with Gasteiger partial charge in [-0.3, -0.25) is 4.90 Å². The summed E-state index contributed by atoms with van der Waals surface area (Å²) in [6, 6.07) is 13.9. The average molecular weight is 385 g/mol. The Morgan fingerprint density at radius 1 is 0.889 bits per heavy atom. The highest BCUT2D eigenvalue weighted by atomic mass is 32.2. The van der Waals surface area contributed by atoms with Crippen molar-refractivity contribution in [1.82, 2.24) is 9.21 Å². The molecule has 0 spiro atoms. The number of sulfonamides is 1. The molecule has 0 amide bonds. The summed E-state index contributed by atoms with van der Waals surface area (Å²) in [4.78, 5) is 2.74. The molecule has 1 aliphatic rings. The average Bonchev–Trinajstić information content (AvgIpc) is 2.67. The minimum absolute atomic E-state index is 0.447. The van der Waals surface area contributed by atoms with Crippen LogP contribution in [-0.2, 0) is 10.0 Å². The summed E-state index contributed by atoms with van der Waals surface area (Å²) in [5.74, 6) is 0. The standard InChI is InChI=1S/C22H28N2O2S/c1-18-11-12-22(20(3)19(18)2)27(25,26)24-16-14-23(15-17-24)13-7-10-21-8-5-4-6-9-21/h4-12H,13-17H2,1-3H3. The van der Waals surface area contributed by atoms with Gasteiger partial charge < -0.3 is 0 Å². The van der Waals surface area contributed by atoms with Gasteiger partial charge in [0.15, 0.2) is 0 Å². The second-order valence-electron chi connectivity index (χ2n) is 7.15. The van der Waals surface area contributed by atoms with Crippen LogP contribution < -0.4 is 0 Å². The van der Waals surface area contributed by atoms with E-state index in [1.807, 2.05) is 45.0 Å². The van der Waals surface area contributed by atoms with Crippen LogP contribution in [0.2, 0.25) is 0 Å². The Labute approximate surface area is 163 Å². The number of rotatable bonds is 5. The van der Waals surface area contributed by atoms with Crippen LogP contribution in [0, 0.1) is 20.8 Å². The lowest BCUT2D eigenvalue weighted by Gasteiger charge is -2.33. The summed E-state index contributed by atoms with van der Waals surface area (Å²) in [6.07, 6.45) is 4.26. The first kappa shape index (κ1) is 19.8. The maximum absolute atomic E-state index is 13.1. The first-order valence-corrected chi connectivity index (χ1v) is 10.8. The lowest BCUT2D eigenvalue weighted by molar-refractivity contribution is 0.204. The molecule has 4 nitrogen and oxygen atoms in total. The Morgan fingerprint density at radius 2 is 1.56 bits per heavy atom. The Balaban J connectivity index is 1.61. The molecule has 2 aromatic carbocycles. The van der Waals surface area contributed by atoms with Crippen molar-refractivity contribution in [3.63, 3.8) is 0 Å². The molecule has 1 heterocycles. The topological polar surface area (TPSA) is 40.6 Å². The van der Waals surface area contributed by atoms with Gasteiger partial charge in [-0.1, -0.05) is 48.6 Å². The van der Waals surface area contributed by atoms with Crippen LogP contribution in [0.4, 0.5) is 0 Å². The van der Waals surface area contributed by atoms with E-state index in [0.29, 0.717) is 18.0 Å². The van der Waals surface area contributed by atoms with Crippen molar-refractivity contribution in [2.75, 3.05) is 32.7 Å². The molecule has 0 unspecified atom stereocenters. The van der Waals surface area contributed by atoms with Gasteiger partial charge in [0, 0.05) is 32.7 Å². The lowest BCUT2D eigenvalue weighted by Crippen LogP contribution is -2.48. The van der Waals surface area contributed by atoms with E-state index in [9.17, 15) is 8.42 Å². The van der Waals surface area contributed by atoms with E-state index in [4.69, 9.17) is 0 Å². The van der Waals surface area contributed by atoms with E-state index in [2.05, 4.69) is 29.2 Å². The molecule has 0 N–H and O–H groups in total. The number of hydrogen-bond donors (Lipinski definition) is 0. The van der Waals surface area contributed by atoms with E-state index in [1.165, 1.54) is 5.56 Å². The Morgan fingerprint density at radius 3 is 2.22 bits per heavy atom. The van der Waals surface area contributed by atoms with Gasteiger partial charge in [-0.2, -0.15) is 4.31 Å². The molecule has 0 aromatic heterocycles. The van der Waals surface area contributed by atoms with E-state index >= 15 is 0 Å². The van der Waals surface area contributed by atoms with Crippen molar-refractivity contribution < 1.29 is 8.42 Å². The highest BCUT2D eigenvalue weighted by Crippen LogP contribution is 2.25. The first-order valence-electron chi connectivity index (χ1n) is 9.40. The zero-order valence-corrected chi connectivity index (χ0v) is 17.2. The Hall–Kier alpha value is -1.95. The zero-order chi connectivity index (χ0) is 19.4. The molecule has 1 saturated heterocycles. The monoisotopic (exact) mass is 384 g/mol. The fraction of sp³-hybridized carbons (Fsp3) is 0.364. The second kappa shape index (κ2) is 8.38. The Kier molecular flexibility index (Phi) is 6.15. The summed E-state index contributed by atoms with van der Waals surface area (Å²) in [6.45, 7) is 9.32. The molecule has 144 valence electrons. The van der Waals surface area contributed by atoms with Crippen molar-refractivity contribution in [2.24, 2.45) is 0 Å². The van der Waals surface area contributed by atoms with Gasteiger partial charge in [0.25, 0.3) is 0 Å². The molecule has 0 radical (unpaired) electrons. The van der Waals surface area contributed by atoms with Gasteiger partial charge in [0.05, 0.1) is 4.90 Å². The number of hydrogen-bond acceptors (Lipinski definition) is 3. The third-order valence-electron chi connectivity index (χ3n) is 5.43. The normalized spacial score (nSPS) is 16.9. The molecule has 0 bridgehead atoms. The maximum Gasteiger partial charge on any atom is 0.243 e. The van der Waals surface area contributed by atoms with Crippen LogP contribution in [0.25, 0.3) is 6.08 Å². The molecule has 27 heavy (non-hydrogen) atoms. The number of benzene rings is 2. The SMILES string of the molecule is Cc1ccc(S(=O)(=O)N2CCN(CC=Cc3ccccc3)CC2)c(C)c1C. The molecule has 0 saturated carbocycles. The lowest BCUT2D eigenvalue weighted by atomic mass is 10.1. The summed E-state index contributed by atoms with van der Waals surface area (Å²) in [5.41, 5.74) is 4.23. The number of nitrogens with zero attached hydrogens (tertiary/aromatic N) is 2. The van der Waals surface area contributed by atoms with Crippen LogP contribution in [0.5, 0.6) is 0 Å². The number of aryl methyl sites for hydroxylation is 1. The van der Waals surface area contributed by atoms with Crippen LogP contribution in [0.1, 0.15) is 22.3 Å². The number of piperazine rings is 1. The van der Waals surface area contributed by atoms with E-state index in [0.717, 1.165) is 36.3 Å². The van der Waals surface area contributed by atoms with Crippen LogP contribution in [0.3, 0.4) is 0 Å². The maximum atomic E-state index is 13.1. The van der Waals surface area contributed by atoms with Gasteiger partial charge in [-0.15, -0.1) is 0 Å². The molecule has 1 aliphatic heterocycles. The third-order valence-corrected chi connectivity index (χ3v) is 7.47. The summed E-state index contributed by atoms with van der Waals surface area (Å²) < 4.78 is 27.8. The summed E-state index contributed by atoms with van der Waals surface area (Å²) in [7, 11) is -3.43. The van der Waals surface area contributed by atoms with Crippen LogP contribution in [0.15, 0.2) is 53.4 Å². The molecule has 2 aromatic rings. The fourth-order valence-electron chi connectivity index (χ4n) is 3.40. The van der Waals surface area contributed by atoms with Gasteiger partial charge in [0.1, 0.15) is 0 Å². The molecule has 5 heteroatoms. The van der Waals surface area contributed by atoms with Crippen molar-refractivity contribution in [1.29, 1.82) is 0 Å². The third kappa shape index (κ3) is 4.49. The van der Waals surface area contributed by atoms with E-state index < -0.39 is 10.0 Å². The smallest absolute Gasteiger partial charge is 0.243 e. The van der Waals surface area contributed by atoms with Gasteiger partial charge >= 0.3 is 0 Å². The van der Waals surface area contributed by atoms with Gasteiger partial charge in [0.2, 0.25) is 10.0 Å². The predicted octanol–water partition coefficient (Wildman–Crippen LogP) is 3.63. The van der Waals surface area contributed by atoms with Crippen molar-refractivity contribution in [3.05, 3.63) is 70.8 Å². The van der Waals surface area contributed by atoms with Crippen molar-refractivity contribution in [2.45, 2.75) is 25.7 Å². The van der Waals surface area contributed by atoms with E-state index in [-0.39, 0.29) is 0 Å². The quantitative estimate of drug-likeness (QED) is 0.790. The molecule has 3 rings (SSSR count). The Bertz CT molecular complexity index is 913. The summed E-state index contributed by atoms with van der Waals surface area (Å²) >= 11 is 0. The summed E-state index contributed by atoms with van der Waals surface area (Å²) in [5, 5.41) is 0. The molecular weight excluding hydrogens is 356 g/mol. The molecule has 0 atom stereocenters. The predicted molar refractivity (Wildman–Crippen MR) is 111 cm³/mol. The van der Waals surface area contributed by atoms with Crippen LogP contribution in [-0.4, -0.2) is 50.3 Å². The first-order chi connectivity index (χ1) is 12.9. The zero-order valence-electron chi connectivity index (χ0n) is 16.4. The highest BCUT2D eigenvalue weighted by Gasteiger charge is 2.29. The minimum Gasteiger partial charge on any atom is -0.297 e. The fourth-order valence-corrected chi connectivity index (χ4v) is 5.11. The van der Waals surface area contributed by atoms with E-state index in [1.54, 1.807) is 10.4 Å². The molecule has 0 aliphatic carbocycles. The van der Waals surface area contributed by atoms with Crippen LogP contribution >= 0.6 is 0 Å². The molecular formula is C22H28N2O2S. The van der Waals surface area contributed by atoms with Crippen molar-refractivity contribution >= 4 is 16.1 Å². The second-order valence-corrected chi connectivity index (χ2v) is 9.05. The van der Waals surface area contributed by atoms with Crippen molar-refractivity contribution in [3.8, 4) is 0 Å². The highest BCUT2D eigenvalue weighted by molar-refractivity contribution is 7.89.